The molecule has 1 N–H and O–H groups in total. The monoisotopic (exact) mass is 393 g/mol. The summed E-state index contributed by atoms with van der Waals surface area (Å²) >= 11 is 0. The maximum absolute atomic E-state index is 13.1. The third kappa shape index (κ3) is 3.12. The van der Waals surface area contributed by atoms with Crippen LogP contribution >= 0.6 is 0 Å². The van der Waals surface area contributed by atoms with E-state index in [0.717, 1.165) is 10.3 Å². The number of carbonyl (C=O) groups is 1. The van der Waals surface area contributed by atoms with Crippen molar-refractivity contribution < 1.29 is 9.53 Å². The number of nitrogens with zero attached hydrogens (tertiary/aromatic N) is 2. The van der Waals surface area contributed by atoms with Gasteiger partial charge in [-0.25, -0.2) is 4.79 Å². The van der Waals surface area contributed by atoms with Crippen LogP contribution < -0.4 is 21.3 Å². The minimum Gasteiger partial charge on any atom is -0.497 e. The van der Waals surface area contributed by atoms with Gasteiger partial charge in [0.25, 0.3) is 5.56 Å². The first-order chi connectivity index (χ1) is 13.9. The summed E-state index contributed by atoms with van der Waals surface area (Å²) < 4.78 is 7.92. The molecule has 1 aromatic heterocycles. The van der Waals surface area contributed by atoms with E-state index in [2.05, 4.69) is 5.32 Å². The largest absolute Gasteiger partial charge is 0.497 e. The molecule has 2 aliphatic carbocycles. The topological polar surface area (TPSA) is 82.3 Å². The van der Waals surface area contributed by atoms with E-state index in [0.29, 0.717) is 23.4 Å². The molecular weight excluding hydrogens is 370 g/mol. The van der Waals surface area contributed by atoms with Crippen molar-refractivity contribution in [2.45, 2.75) is 12.5 Å². The summed E-state index contributed by atoms with van der Waals surface area (Å²) in [6.07, 6.45) is 7.46. The number of ketones is 1. The van der Waals surface area contributed by atoms with Gasteiger partial charge in [0.15, 0.2) is 5.78 Å². The maximum atomic E-state index is 13.1. The highest BCUT2D eigenvalue weighted by Crippen LogP contribution is 2.40. The minimum absolute atomic E-state index is 0.00350. The van der Waals surface area contributed by atoms with Crippen molar-refractivity contribution in [3.63, 3.8) is 0 Å². The van der Waals surface area contributed by atoms with Gasteiger partial charge in [0.05, 0.1) is 18.7 Å². The average Bonchev–Trinajstić information content (AvgIpc) is 2.92. The van der Waals surface area contributed by atoms with Gasteiger partial charge in [-0.15, -0.1) is 0 Å². The lowest BCUT2D eigenvalue weighted by atomic mass is 9.72. The Morgan fingerprint density at radius 3 is 2.66 bits per heavy atom. The lowest BCUT2D eigenvalue weighted by Gasteiger charge is -2.38. The van der Waals surface area contributed by atoms with Crippen LogP contribution in [0.5, 0.6) is 5.75 Å². The van der Waals surface area contributed by atoms with Crippen LogP contribution in [0.3, 0.4) is 0 Å². The van der Waals surface area contributed by atoms with Gasteiger partial charge in [0, 0.05) is 43.4 Å². The van der Waals surface area contributed by atoms with E-state index in [9.17, 15) is 14.4 Å². The highest BCUT2D eigenvalue weighted by molar-refractivity contribution is 5.93. The molecule has 0 saturated carbocycles. The van der Waals surface area contributed by atoms with Gasteiger partial charge < -0.3 is 14.6 Å². The normalized spacial score (nSPS) is 22.6. The highest BCUT2D eigenvalue weighted by Gasteiger charge is 2.42. The molecule has 2 aromatic rings. The first-order valence-corrected chi connectivity index (χ1v) is 9.50. The standard InChI is InChI=1S/C22H23N3O4/c1-24-17-12-16-15(9-4-5-10-18(16)26)20(19(17)21(27)25(2)22(24)28)23-13-7-6-8-14(11-13)29-3/h4-11,15-16,20,23H,12H2,1-3H3/t15-,16-,20+/m1/s1. The molecule has 29 heavy (non-hydrogen) atoms. The fraction of sp³-hybridized carbons (Fsp3) is 0.318. The molecule has 0 fully saturated rings. The Morgan fingerprint density at radius 1 is 1.10 bits per heavy atom. The smallest absolute Gasteiger partial charge is 0.330 e. The molecule has 3 atom stereocenters. The minimum atomic E-state index is -0.457. The molecular formula is C22H23N3O4. The second kappa shape index (κ2) is 7.24. The Bertz CT molecular complexity index is 1160. The number of allylic oxidation sites excluding steroid dienone is 3. The molecule has 0 aliphatic heterocycles. The number of ether oxygens (including phenoxy) is 1. The van der Waals surface area contributed by atoms with E-state index in [4.69, 9.17) is 4.74 Å². The van der Waals surface area contributed by atoms with Crippen molar-refractivity contribution in [1.82, 2.24) is 9.13 Å². The van der Waals surface area contributed by atoms with Crippen molar-refractivity contribution in [3.05, 3.63) is 80.7 Å². The number of carbonyl (C=O) groups excluding carboxylic acids is 1. The second-order valence-electron chi connectivity index (χ2n) is 7.45. The Hall–Kier alpha value is -3.35. The van der Waals surface area contributed by atoms with Gasteiger partial charge in [-0.3, -0.25) is 14.2 Å². The quantitative estimate of drug-likeness (QED) is 0.859. The van der Waals surface area contributed by atoms with Gasteiger partial charge in [-0.05, 0) is 24.6 Å². The van der Waals surface area contributed by atoms with E-state index in [1.165, 1.54) is 11.6 Å². The van der Waals surface area contributed by atoms with Gasteiger partial charge in [-0.1, -0.05) is 24.3 Å². The Balaban J connectivity index is 1.92. The van der Waals surface area contributed by atoms with Gasteiger partial charge >= 0.3 is 5.69 Å². The van der Waals surface area contributed by atoms with Crippen molar-refractivity contribution >= 4 is 11.5 Å². The lowest BCUT2D eigenvalue weighted by Crippen LogP contribution is -2.48. The van der Waals surface area contributed by atoms with Crippen LogP contribution in [-0.2, 0) is 25.3 Å². The molecule has 1 heterocycles. The van der Waals surface area contributed by atoms with Crippen molar-refractivity contribution in [1.29, 1.82) is 0 Å². The average molecular weight is 393 g/mol. The second-order valence-corrected chi connectivity index (χ2v) is 7.45. The molecule has 2 aliphatic rings. The zero-order valence-electron chi connectivity index (χ0n) is 16.6. The number of hydrogen-bond donors (Lipinski definition) is 1. The summed E-state index contributed by atoms with van der Waals surface area (Å²) in [5.41, 5.74) is 1.18. The van der Waals surface area contributed by atoms with Crippen molar-refractivity contribution in [3.8, 4) is 5.75 Å². The first-order valence-electron chi connectivity index (χ1n) is 9.50. The predicted octanol–water partition coefficient (Wildman–Crippen LogP) is 1.73. The molecule has 0 spiro atoms. The highest BCUT2D eigenvalue weighted by atomic mass is 16.5. The molecule has 7 heteroatoms. The van der Waals surface area contributed by atoms with Gasteiger partial charge in [0.2, 0.25) is 0 Å². The fourth-order valence-electron chi connectivity index (χ4n) is 4.30. The maximum Gasteiger partial charge on any atom is 0.330 e. The zero-order valence-corrected chi connectivity index (χ0v) is 16.6. The number of fused-ring (bicyclic) bond motifs is 2. The van der Waals surface area contributed by atoms with E-state index in [1.807, 2.05) is 36.4 Å². The van der Waals surface area contributed by atoms with Crippen LogP contribution in [0.15, 0.2) is 58.2 Å². The number of aromatic nitrogens is 2. The third-order valence-electron chi connectivity index (χ3n) is 5.86. The lowest BCUT2D eigenvalue weighted by molar-refractivity contribution is -0.119. The number of benzene rings is 1. The molecule has 4 rings (SSSR count). The van der Waals surface area contributed by atoms with E-state index < -0.39 is 6.04 Å². The van der Waals surface area contributed by atoms with Gasteiger partial charge in [-0.2, -0.15) is 0 Å². The molecule has 7 nitrogen and oxygen atoms in total. The number of nitrogens with one attached hydrogen (secondary N) is 1. The Kier molecular flexibility index (Phi) is 4.74. The Morgan fingerprint density at radius 2 is 1.90 bits per heavy atom. The molecule has 0 unspecified atom stereocenters. The molecule has 0 radical (unpaired) electrons. The Labute approximate surface area is 167 Å². The number of anilines is 1. The molecule has 0 bridgehead atoms. The van der Waals surface area contributed by atoms with Crippen LogP contribution in [0, 0.1) is 11.8 Å². The van der Waals surface area contributed by atoms with E-state index in [1.54, 1.807) is 26.3 Å². The van der Waals surface area contributed by atoms with Crippen LogP contribution in [-0.4, -0.2) is 22.0 Å². The first kappa shape index (κ1) is 19.0. The molecule has 0 amide bonds. The van der Waals surface area contributed by atoms with Gasteiger partial charge in [0.1, 0.15) is 5.75 Å². The SMILES string of the molecule is COc1cccc(N[C@@H]2c3c(n(C)c(=O)n(C)c3=O)C[C@H]3C(=O)C=CC=C[C@@H]23)c1. The zero-order chi connectivity index (χ0) is 20.7. The molecule has 0 saturated heterocycles. The van der Waals surface area contributed by atoms with Crippen molar-refractivity contribution in [2.75, 3.05) is 12.4 Å². The van der Waals surface area contributed by atoms with Crippen LogP contribution in [0.4, 0.5) is 5.69 Å². The summed E-state index contributed by atoms with van der Waals surface area (Å²) in [5.74, 6) is 0.112. The van der Waals surface area contributed by atoms with Crippen molar-refractivity contribution in [2.24, 2.45) is 25.9 Å². The summed E-state index contributed by atoms with van der Waals surface area (Å²) in [6, 6.07) is 6.97. The summed E-state index contributed by atoms with van der Waals surface area (Å²) in [4.78, 5) is 38.4. The number of hydrogen-bond acceptors (Lipinski definition) is 5. The van der Waals surface area contributed by atoms with Crippen LogP contribution in [0.1, 0.15) is 17.3 Å². The summed E-state index contributed by atoms with van der Waals surface area (Å²) in [5, 5.41) is 3.43. The number of rotatable bonds is 3. The predicted molar refractivity (Wildman–Crippen MR) is 110 cm³/mol. The molecule has 1 aromatic carbocycles. The fourth-order valence-corrected chi connectivity index (χ4v) is 4.30. The molecule has 150 valence electrons. The van der Waals surface area contributed by atoms with Crippen LogP contribution in [0.2, 0.25) is 0 Å². The van der Waals surface area contributed by atoms with E-state index >= 15 is 0 Å². The van der Waals surface area contributed by atoms with Crippen LogP contribution in [0.25, 0.3) is 0 Å². The number of methoxy groups -OCH3 is 1. The third-order valence-corrected chi connectivity index (χ3v) is 5.86. The van der Waals surface area contributed by atoms with E-state index in [-0.39, 0.29) is 28.9 Å². The summed E-state index contributed by atoms with van der Waals surface area (Å²) in [6.45, 7) is 0. The summed E-state index contributed by atoms with van der Waals surface area (Å²) in [7, 11) is 4.72.